The first-order valence-electron chi connectivity index (χ1n) is 26.3. The number of carbonyl (C=O) groups is 6. The lowest BCUT2D eigenvalue weighted by molar-refractivity contribution is -0.281. The van der Waals surface area contributed by atoms with E-state index < -0.39 is 84.6 Å². The van der Waals surface area contributed by atoms with Gasteiger partial charge in [0, 0.05) is 58.8 Å². The monoisotopic (exact) mass is 1070 g/mol. The molecule has 1 amide bonds. The van der Waals surface area contributed by atoms with Crippen LogP contribution in [-0.4, -0.2) is 140 Å². The van der Waals surface area contributed by atoms with E-state index in [1.165, 1.54) is 24.0 Å². The lowest BCUT2D eigenvalue weighted by Gasteiger charge is -2.44. The number of unbranched alkanes of at least 4 members (excludes halogenated alkanes) is 4. The summed E-state index contributed by atoms with van der Waals surface area (Å²) < 4.78 is 50.2. The summed E-state index contributed by atoms with van der Waals surface area (Å²) in [5.74, 6) is -3.23. The molecule has 20 heteroatoms. The molecule has 2 aliphatic rings. The van der Waals surface area contributed by atoms with Crippen LogP contribution in [0.3, 0.4) is 0 Å². The molecule has 3 heterocycles. The molecule has 0 bridgehead atoms. The van der Waals surface area contributed by atoms with Gasteiger partial charge in [-0.3, -0.25) is 14.2 Å². The van der Waals surface area contributed by atoms with Crippen molar-refractivity contribution in [2.75, 3.05) is 40.5 Å². The lowest BCUT2D eigenvalue weighted by Crippen LogP contribution is -2.58. The number of carbonyl (C=O) groups excluding carboxylic acids is 6. The van der Waals surface area contributed by atoms with Gasteiger partial charge in [-0.15, -0.1) is 0 Å². The minimum Gasteiger partial charge on any atom is -0.459 e. The van der Waals surface area contributed by atoms with Crippen LogP contribution in [0.5, 0.6) is 0 Å². The number of amides is 1. The number of aliphatic imine (C=N–C) groups is 1. The highest BCUT2D eigenvalue weighted by molar-refractivity contribution is 5.91. The van der Waals surface area contributed by atoms with Gasteiger partial charge in [0.2, 0.25) is 5.91 Å². The van der Waals surface area contributed by atoms with Gasteiger partial charge in [0.05, 0.1) is 35.6 Å². The van der Waals surface area contributed by atoms with E-state index in [0.29, 0.717) is 37.8 Å². The van der Waals surface area contributed by atoms with E-state index in [9.17, 15) is 33.6 Å². The van der Waals surface area contributed by atoms with Crippen LogP contribution in [0.25, 0.3) is 0 Å². The zero-order valence-electron chi connectivity index (χ0n) is 44.4. The SMILES string of the molecule is CC[C@H]1O[C@@H](n2ccc(N=CN(C)C)nc2=O)[C@@H](OCCCCCCNC(=O)CCCCO[C@@H]2O[C@H](COC(=O)c3ccccc3)[C@H](OC(=O)c3ccccc3)[C@H](OC(=O)c3ccccc3)[C@H]2C)C1OC(=O)CCC(C)=O. The topological polar surface area (TPSA) is 239 Å². The molecule has 0 aliphatic carbocycles. The van der Waals surface area contributed by atoms with Gasteiger partial charge in [-0.2, -0.15) is 4.98 Å². The molecule has 0 saturated carbocycles. The maximum Gasteiger partial charge on any atom is 0.351 e. The molecule has 1 N–H and O–H groups in total. The molecular formula is C57H71N5O15. The number of Topliss-reactive ketones (excluding diaryl/α,β-unsaturated/α-hetero) is 1. The van der Waals surface area contributed by atoms with Crippen LogP contribution in [0.15, 0.2) is 113 Å². The van der Waals surface area contributed by atoms with Crippen LogP contribution in [0, 0.1) is 5.92 Å². The quantitative estimate of drug-likeness (QED) is 0.0190. The summed E-state index contributed by atoms with van der Waals surface area (Å²) in [7, 11) is 3.59. The van der Waals surface area contributed by atoms with E-state index >= 15 is 0 Å². The molecule has 1 unspecified atom stereocenters. The van der Waals surface area contributed by atoms with E-state index in [1.807, 2.05) is 6.92 Å². The van der Waals surface area contributed by atoms with Crippen LogP contribution in [0.4, 0.5) is 5.82 Å². The first kappa shape index (κ1) is 59.1. The number of hydrogen-bond acceptors (Lipinski definition) is 17. The number of esters is 4. The van der Waals surface area contributed by atoms with Gasteiger partial charge in [-0.05, 0) is 81.5 Å². The Kier molecular flexibility index (Phi) is 23.5. The minimum atomic E-state index is -1.20. The maximum absolute atomic E-state index is 13.6. The van der Waals surface area contributed by atoms with Crippen molar-refractivity contribution < 1.29 is 66.7 Å². The molecule has 1 aromatic heterocycles. The first-order valence-corrected chi connectivity index (χ1v) is 26.3. The highest BCUT2D eigenvalue weighted by Crippen LogP contribution is 2.36. The van der Waals surface area contributed by atoms with Crippen molar-refractivity contribution in [3.63, 3.8) is 0 Å². The lowest BCUT2D eigenvalue weighted by atomic mass is 9.91. The van der Waals surface area contributed by atoms with Crippen LogP contribution < -0.4 is 11.0 Å². The van der Waals surface area contributed by atoms with E-state index in [4.69, 9.17) is 37.9 Å². The van der Waals surface area contributed by atoms with Gasteiger partial charge in [0.25, 0.3) is 0 Å². The molecule has 20 nitrogen and oxygen atoms in total. The van der Waals surface area contributed by atoms with Crippen molar-refractivity contribution in [1.82, 2.24) is 19.8 Å². The van der Waals surface area contributed by atoms with Crippen molar-refractivity contribution in [2.45, 2.75) is 134 Å². The summed E-state index contributed by atoms with van der Waals surface area (Å²) in [6.07, 6.45) is 0.0891. The predicted octanol–water partition coefficient (Wildman–Crippen LogP) is 6.97. The third-order valence-electron chi connectivity index (χ3n) is 12.8. The van der Waals surface area contributed by atoms with Crippen molar-refractivity contribution in [3.8, 4) is 0 Å². The Morgan fingerprint density at radius 1 is 0.675 bits per heavy atom. The van der Waals surface area contributed by atoms with Gasteiger partial charge in [-0.1, -0.05) is 81.3 Å². The second kappa shape index (κ2) is 30.6. The zero-order chi connectivity index (χ0) is 55.1. The van der Waals surface area contributed by atoms with Crippen molar-refractivity contribution in [3.05, 3.63) is 130 Å². The third-order valence-corrected chi connectivity index (χ3v) is 12.8. The first-order chi connectivity index (χ1) is 37.2. The summed E-state index contributed by atoms with van der Waals surface area (Å²) in [6.45, 7) is 5.61. The maximum atomic E-state index is 13.6. The highest BCUT2D eigenvalue weighted by atomic mass is 16.7. The van der Waals surface area contributed by atoms with Crippen LogP contribution in [0.2, 0.25) is 0 Å². The Hall–Kier alpha value is -7.13. The molecule has 414 valence electrons. The number of nitrogens with zero attached hydrogens (tertiary/aromatic N) is 4. The predicted molar refractivity (Wildman–Crippen MR) is 281 cm³/mol. The van der Waals surface area contributed by atoms with E-state index in [1.54, 1.807) is 123 Å². The number of benzene rings is 3. The molecule has 0 spiro atoms. The minimum absolute atomic E-state index is 0.0419. The van der Waals surface area contributed by atoms with Gasteiger partial charge in [0.1, 0.15) is 30.7 Å². The molecule has 0 radical (unpaired) electrons. The van der Waals surface area contributed by atoms with Gasteiger partial charge in [-0.25, -0.2) is 24.2 Å². The van der Waals surface area contributed by atoms with Crippen molar-refractivity contribution in [2.24, 2.45) is 10.9 Å². The Morgan fingerprint density at radius 2 is 1.26 bits per heavy atom. The van der Waals surface area contributed by atoms with Gasteiger partial charge in [0.15, 0.2) is 30.5 Å². The zero-order valence-corrected chi connectivity index (χ0v) is 44.4. The standard InChI is InChI=1S/C57H71N5O15/c1-6-43-49(75-47(65)30-29-38(2)63)51(52(73-43)62-33-31-45(60-57(62)69)59-37-61(4)5)70-34-20-8-7-19-32-58-46(64)28-18-21-35-71-56-39(3)48(76-54(67)41-24-14-10-15-25-41)50(77-55(68)42-26-16-11-17-27-42)44(74-56)36-72-53(66)40-22-12-9-13-23-40/h9-17,22-27,31,33,37,39,43-44,48-52,56H,6-8,18-21,28-30,32,34-36H2,1-5H3,(H,58,64)/t39-,43-,44-,48-,49?,50+,51+,52-,56-/m1/s1. The van der Waals surface area contributed by atoms with Gasteiger partial charge >= 0.3 is 29.6 Å². The summed E-state index contributed by atoms with van der Waals surface area (Å²) in [4.78, 5) is 101. The average molecular weight is 1070 g/mol. The van der Waals surface area contributed by atoms with E-state index in [0.717, 1.165) is 19.3 Å². The molecular weight excluding hydrogens is 995 g/mol. The van der Waals surface area contributed by atoms with Crippen molar-refractivity contribution >= 4 is 47.7 Å². The molecule has 77 heavy (non-hydrogen) atoms. The smallest absolute Gasteiger partial charge is 0.351 e. The largest absolute Gasteiger partial charge is 0.459 e. The number of ketones is 1. The molecule has 4 aromatic rings. The fraction of sp³-hybridized carbons (Fsp3) is 0.491. The molecule has 2 fully saturated rings. The Bertz CT molecular complexity index is 2620. The summed E-state index contributed by atoms with van der Waals surface area (Å²) in [6, 6.07) is 26.7. The normalized spacial score (nSPS) is 22.0. The van der Waals surface area contributed by atoms with Crippen LogP contribution in [-0.2, 0) is 52.3 Å². The van der Waals surface area contributed by atoms with Crippen LogP contribution >= 0.6 is 0 Å². The van der Waals surface area contributed by atoms with Gasteiger partial charge < -0.3 is 52.9 Å². The number of ether oxygens (including phenoxy) is 8. The fourth-order valence-corrected chi connectivity index (χ4v) is 8.65. The Balaban J connectivity index is 0.970. The summed E-state index contributed by atoms with van der Waals surface area (Å²) in [5, 5.41) is 2.97. The number of aromatic nitrogens is 2. The fourth-order valence-electron chi connectivity index (χ4n) is 8.65. The second-order valence-corrected chi connectivity index (χ2v) is 19.1. The molecule has 3 aromatic carbocycles. The molecule has 9 atom stereocenters. The second-order valence-electron chi connectivity index (χ2n) is 19.1. The van der Waals surface area contributed by atoms with Crippen molar-refractivity contribution in [1.29, 1.82) is 0 Å². The third kappa shape index (κ3) is 18.3. The average Bonchev–Trinajstić information content (AvgIpc) is 3.79. The number of nitrogens with one attached hydrogen (secondary N) is 1. The number of hydrogen-bond donors (Lipinski definition) is 1. The Morgan fingerprint density at radius 3 is 1.87 bits per heavy atom. The highest BCUT2D eigenvalue weighted by Gasteiger charge is 2.50. The summed E-state index contributed by atoms with van der Waals surface area (Å²) in [5.41, 5.74) is 0.243. The molecule has 2 saturated heterocycles. The number of rotatable bonds is 29. The molecule has 6 rings (SSSR count). The Labute approximate surface area is 448 Å². The molecule has 2 aliphatic heterocycles. The van der Waals surface area contributed by atoms with Crippen LogP contribution in [0.1, 0.15) is 122 Å². The van der Waals surface area contributed by atoms with E-state index in [-0.39, 0.29) is 67.7 Å². The summed E-state index contributed by atoms with van der Waals surface area (Å²) >= 11 is 0. The van der Waals surface area contributed by atoms with E-state index in [2.05, 4.69) is 15.3 Å².